The first kappa shape index (κ1) is 9.57. The average molecular weight is 306 g/mol. The fraction of sp³-hybridized carbons (Fsp3) is 0. The molecule has 0 atom stereocenters. The molecule has 0 fully saturated rings. The molecule has 2 aromatic rings. The number of imidazole rings is 1. The van der Waals surface area contributed by atoms with E-state index in [0.717, 1.165) is 21.9 Å². The number of halogens is 3. The van der Waals surface area contributed by atoms with Gasteiger partial charge in [-0.25, -0.2) is 13.8 Å². The van der Waals surface area contributed by atoms with Crippen LogP contribution < -0.4 is 0 Å². The van der Waals surface area contributed by atoms with Gasteiger partial charge in [-0.15, -0.1) is 0 Å². The van der Waals surface area contributed by atoms with E-state index in [1.54, 1.807) is 6.20 Å². The van der Waals surface area contributed by atoms with Gasteiger partial charge in [-0.1, -0.05) is 0 Å². The monoisotopic (exact) mass is 306 g/mol. The summed E-state index contributed by atoms with van der Waals surface area (Å²) in [5.74, 6) is -0.940. The molecule has 0 amide bonds. The summed E-state index contributed by atoms with van der Waals surface area (Å²) in [6, 6.07) is 3.31. The van der Waals surface area contributed by atoms with E-state index in [9.17, 15) is 8.78 Å². The lowest BCUT2D eigenvalue weighted by atomic mass is 10.3. The molecule has 0 aliphatic heterocycles. The lowest BCUT2D eigenvalue weighted by Gasteiger charge is -2.02. The van der Waals surface area contributed by atoms with Crippen molar-refractivity contribution >= 4 is 22.6 Å². The maximum absolute atomic E-state index is 13.2. The summed E-state index contributed by atoms with van der Waals surface area (Å²) >= 11 is 2.00. The van der Waals surface area contributed by atoms with Gasteiger partial charge in [0.15, 0.2) is 0 Å². The summed E-state index contributed by atoms with van der Waals surface area (Å²) in [4.78, 5) is 3.92. The van der Waals surface area contributed by atoms with Crippen molar-refractivity contribution in [2.75, 3.05) is 0 Å². The Morgan fingerprint density at radius 3 is 2.71 bits per heavy atom. The van der Waals surface area contributed by atoms with Crippen LogP contribution in [0.4, 0.5) is 8.78 Å². The van der Waals surface area contributed by atoms with E-state index in [0.29, 0.717) is 0 Å². The van der Waals surface area contributed by atoms with Gasteiger partial charge in [0.25, 0.3) is 0 Å². The van der Waals surface area contributed by atoms with Crippen molar-refractivity contribution in [1.29, 1.82) is 0 Å². The molecule has 0 bridgehead atoms. The van der Waals surface area contributed by atoms with Crippen LogP contribution in [0, 0.1) is 15.3 Å². The molecule has 0 saturated carbocycles. The summed E-state index contributed by atoms with van der Waals surface area (Å²) in [6.07, 6.45) is 3.07. The molecule has 0 radical (unpaired) electrons. The smallest absolute Gasteiger partial charge is 0.147 e. The SMILES string of the molecule is Fc1ccc(F)c(-n2cnc(I)c2)c1. The first-order chi connectivity index (χ1) is 6.66. The summed E-state index contributed by atoms with van der Waals surface area (Å²) in [6.45, 7) is 0. The van der Waals surface area contributed by atoms with Crippen molar-refractivity contribution in [2.45, 2.75) is 0 Å². The first-order valence-electron chi connectivity index (χ1n) is 3.82. The van der Waals surface area contributed by atoms with Crippen LogP contribution in [0.15, 0.2) is 30.7 Å². The Balaban J connectivity index is 2.55. The summed E-state index contributed by atoms with van der Waals surface area (Å²) < 4.78 is 28.3. The topological polar surface area (TPSA) is 17.8 Å². The summed E-state index contributed by atoms with van der Waals surface area (Å²) in [5.41, 5.74) is 0.167. The Labute approximate surface area is 92.7 Å². The van der Waals surface area contributed by atoms with Crippen LogP contribution in [0.5, 0.6) is 0 Å². The van der Waals surface area contributed by atoms with E-state index in [-0.39, 0.29) is 5.69 Å². The Morgan fingerprint density at radius 1 is 1.29 bits per heavy atom. The predicted octanol–water partition coefficient (Wildman–Crippen LogP) is 2.76. The standard InChI is InChI=1S/C9H5F2IN2/c10-6-1-2-7(11)8(3-6)14-4-9(12)13-5-14/h1-5H. The maximum Gasteiger partial charge on any atom is 0.147 e. The molecule has 14 heavy (non-hydrogen) atoms. The first-order valence-corrected chi connectivity index (χ1v) is 4.89. The second-order valence-electron chi connectivity index (χ2n) is 2.70. The molecule has 0 N–H and O–H groups in total. The molecule has 1 aromatic carbocycles. The molecule has 0 aliphatic carbocycles. The zero-order valence-corrected chi connectivity index (χ0v) is 9.07. The average Bonchev–Trinajstić information content (AvgIpc) is 2.56. The Morgan fingerprint density at radius 2 is 2.07 bits per heavy atom. The third kappa shape index (κ3) is 1.77. The molecule has 2 nitrogen and oxygen atoms in total. The third-order valence-electron chi connectivity index (χ3n) is 1.74. The van der Waals surface area contributed by atoms with Gasteiger partial charge in [0, 0.05) is 12.3 Å². The van der Waals surface area contributed by atoms with Crippen LogP contribution in [0.25, 0.3) is 5.69 Å². The maximum atomic E-state index is 13.2. The van der Waals surface area contributed by atoms with E-state index in [1.807, 2.05) is 22.6 Å². The van der Waals surface area contributed by atoms with Crippen LogP contribution in [0.2, 0.25) is 0 Å². The van der Waals surface area contributed by atoms with Crippen LogP contribution in [-0.2, 0) is 0 Å². The number of hydrogen-bond acceptors (Lipinski definition) is 1. The molecule has 5 heteroatoms. The van der Waals surface area contributed by atoms with Gasteiger partial charge in [0.1, 0.15) is 21.7 Å². The lowest BCUT2D eigenvalue weighted by Crippen LogP contribution is -1.95. The molecule has 72 valence electrons. The number of nitrogens with zero attached hydrogens (tertiary/aromatic N) is 2. The Kier molecular flexibility index (Phi) is 2.49. The van der Waals surface area contributed by atoms with Crippen molar-refractivity contribution in [3.8, 4) is 5.69 Å². The van der Waals surface area contributed by atoms with Gasteiger partial charge in [-0.3, -0.25) is 0 Å². The van der Waals surface area contributed by atoms with Gasteiger partial charge in [-0.05, 0) is 34.7 Å². The molecule has 0 unspecified atom stereocenters. The number of benzene rings is 1. The van der Waals surface area contributed by atoms with E-state index < -0.39 is 11.6 Å². The molecule has 1 heterocycles. The van der Waals surface area contributed by atoms with Crippen LogP contribution in [0.3, 0.4) is 0 Å². The molecule has 0 saturated heterocycles. The van der Waals surface area contributed by atoms with Crippen LogP contribution in [0.1, 0.15) is 0 Å². The number of aromatic nitrogens is 2. The van der Waals surface area contributed by atoms with E-state index in [4.69, 9.17) is 0 Å². The van der Waals surface area contributed by atoms with Gasteiger partial charge < -0.3 is 4.57 Å². The fourth-order valence-corrected chi connectivity index (χ4v) is 1.54. The molecule has 1 aromatic heterocycles. The van der Waals surface area contributed by atoms with Crippen LogP contribution >= 0.6 is 22.6 Å². The second-order valence-corrected chi connectivity index (χ2v) is 3.80. The highest BCUT2D eigenvalue weighted by Crippen LogP contribution is 2.15. The largest absolute Gasteiger partial charge is 0.302 e. The van der Waals surface area contributed by atoms with Crippen LogP contribution in [-0.4, -0.2) is 9.55 Å². The molecular formula is C9H5F2IN2. The van der Waals surface area contributed by atoms with Crippen molar-refractivity contribution in [1.82, 2.24) is 9.55 Å². The van der Waals surface area contributed by atoms with Gasteiger partial charge >= 0.3 is 0 Å². The van der Waals surface area contributed by atoms with Crippen molar-refractivity contribution < 1.29 is 8.78 Å². The fourth-order valence-electron chi connectivity index (χ4n) is 1.11. The second kappa shape index (κ2) is 3.64. The highest BCUT2D eigenvalue weighted by atomic mass is 127. The van der Waals surface area contributed by atoms with E-state index in [1.165, 1.54) is 10.9 Å². The molecule has 0 aliphatic rings. The van der Waals surface area contributed by atoms with Crippen molar-refractivity contribution in [2.24, 2.45) is 0 Å². The van der Waals surface area contributed by atoms with Crippen molar-refractivity contribution in [3.05, 3.63) is 46.1 Å². The van der Waals surface area contributed by atoms with Crippen molar-refractivity contribution in [3.63, 3.8) is 0 Å². The molecular weight excluding hydrogens is 301 g/mol. The molecule has 2 rings (SSSR count). The highest BCUT2D eigenvalue weighted by molar-refractivity contribution is 14.1. The zero-order valence-electron chi connectivity index (χ0n) is 6.92. The minimum Gasteiger partial charge on any atom is -0.302 e. The minimum absolute atomic E-state index is 0.167. The number of rotatable bonds is 1. The lowest BCUT2D eigenvalue weighted by molar-refractivity contribution is 0.592. The van der Waals surface area contributed by atoms with E-state index >= 15 is 0 Å². The predicted molar refractivity (Wildman–Crippen MR) is 56.2 cm³/mol. The normalized spacial score (nSPS) is 10.5. The third-order valence-corrected chi connectivity index (χ3v) is 2.29. The number of hydrogen-bond donors (Lipinski definition) is 0. The Bertz CT molecular complexity index is 468. The van der Waals surface area contributed by atoms with E-state index in [2.05, 4.69) is 4.98 Å². The summed E-state index contributed by atoms with van der Waals surface area (Å²) in [7, 11) is 0. The molecule has 0 spiro atoms. The van der Waals surface area contributed by atoms with Gasteiger partial charge in [-0.2, -0.15) is 0 Å². The minimum atomic E-state index is -0.472. The van der Waals surface area contributed by atoms with Gasteiger partial charge in [0.2, 0.25) is 0 Å². The summed E-state index contributed by atoms with van der Waals surface area (Å²) in [5, 5.41) is 0. The Hall–Kier alpha value is -0.980. The highest BCUT2D eigenvalue weighted by Gasteiger charge is 2.06. The zero-order chi connectivity index (χ0) is 10.1. The quantitative estimate of drug-likeness (QED) is 0.741. The van der Waals surface area contributed by atoms with Gasteiger partial charge in [0.05, 0.1) is 5.69 Å².